The number of ether oxygens (including phenoxy) is 2. The maximum atomic E-state index is 5.77. The van der Waals surface area contributed by atoms with Gasteiger partial charge in [0, 0.05) is 38.7 Å². The van der Waals surface area contributed by atoms with E-state index in [0.717, 1.165) is 44.6 Å². The molecule has 0 aliphatic carbocycles. The lowest BCUT2D eigenvalue weighted by molar-refractivity contribution is 0.156. The summed E-state index contributed by atoms with van der Waals surface area (Å²) in [6.07, 6.45) is 2.57. The van der Waals surface area contributed by atoms with Gasteiger partial charge in [-0.3, -0.25) is 4.99 Å². The monoisotopic (exact) mass is 331 g/mol. The summed E-state index contributed by atoms with van der Waals surface area (Å²) < 4.78 is 11.4. The fourth-order valence-corrected chi connectivity index (χ4v) is 3.60. The van der Waals surface area contributed by atoms with E-state index in [1.54, 1.807) is 0 Å². The largest absolute Gasteiger partial charge is 0.491 e. The Morgan fingerprint density at radius 3 is 3.00 bits per heavy atom. The molecule has 132 valence electrons. The number of guanidine groups is 1. The Morgan fingerprint density at radius 1 is 1.42 bits per heavy atom. The van der Waals surface area contributed by atoms with Crippen molar-refractivity contribution < 1.29 is 9.47 Å². The van der Waals surface area contributed by atoms with Gasteiger partial charge in [-0.05, 0) is 44.4 Å². The second-order valence-corrected chi connectivity index (χ2v) is 7.19. The third-order valence-corrected chi connectivity index (χ3v) is 4.86. The molecule has 0 radical (unpaired) electrons. The van der Waals surface area contributed by atoms with E-state index in [2.05, 4.69) is 27.3 Å². The Morgan fingerprint density at radius 2 is 2.29 bits per heavy atom. The first kappa shape index (κ1) is 17.1. The van der Waals surface area contributed by atoms with Crippen LogP contribution in [0.5, 0.6) is 5.75 Å². The van der Waals surface area contributed by atoms with E-state index in [1.165, 1.54) is 18.4 Å². The van der Waals surface area contributed by atoms with Gasteiger partial charge in [0.1, 0.15) is 5.75 Å². The van der Waals surface area contributed by atoms with Crippen molar-refractivity contribution >= 4 is 5.96 Å². The minimum absolute atomic E-state index is 0.190. The lowest BCUT2D eigenvalue weighted by atomic mass is 9.87. The van der Waals surface area contributed by atoms with Gasteiger partial charge in [-0.15, -0.1) is 0 Å². The van der Waals surface area contributed by atoms with Crippen LogP contribution in [0, 0.1) is 5.41 Å². The summed E-state index contributed by atoms with van der Waals surface area (Å²) in [6, 6.07) is 8.25. The summed E-state index contributed by atoms with van der Waals surface area (Å²) >= 11 is 0. The fourth-order valence-electron chi connectivity index (χ4n) is 3.60. The molecule has 1 aromatic rings. The molecule has 2 aliphatic rings. The van der Waals surface area contributed by atoms with E-state index in [1.807, 2.05) is 33.0 Å². The highest BCUT2D eigenvalue weighted by atomic mass is 16.5. The maximum absolute atomic E-state index is 5.77. The number of benzene rings is 1. The summed E-state index contributed by atoms with van der Waals surface area (Å²) in [5.41, 5.74) is 1.55. The lowest BCUT2D eigenvalue weighted by Crippen LogP contribution is -2.41. The van der Waals surface area contributed by atoms with E-state index in [-0.39, 0.29) is 6.10 Å². The number of hydrogen-bond donors (Lipinski definition) is 1. The van der Waals surface area contributed by atoms with E-state index in [4.69, 9.17) is 9.47 Å². The number of nitrogens with one attached hydrogen (secondary N) is 1. The van der Waals surface area contributed by atoms with Crippen LogP contribution in [-0.2, 0) is 11.3 Å². The molecule has 0 aromatic heterocycles. The summed E-state index contributed by atoms with van der Waals surface area (Å²) in [7, 11) is 1.86. The molecule has 0 saturated carbocycles. The maximum Gasteiger partial charge on any atom is 0.193 e. The number of likely N-dealkylation sites (tertiary alicyclic amines) is 1. The molecular weight excluding hydrogens is 302 g/mol. The zero-order valence-corrected chi connectivity index (χ0v) is 15.0. The number of aliphatic imine (C=N–C) groups is 1. The van der Waals surface area contributed by atoms with Crippen molar-refractivity contribution in [1.82, 2.24) is 10.2 Å². The van der Waals surface area contributed by atoms with Crippen LogP contribution in [0.2, 0.25) is 0 Å². The van der Waals surface area contributed by atoms with Gasteiger partial charge in [0.05, 0.1) is 12.7 Å². The Balaban J connectivity index is 1.57. The van der Waals surface area contributed by atoms with Gasteiger partial charge in [-0.2, -0.15) is 0 Å². The molecule has 1 spiro atoms. The molecular formula is C19H29N3O2. The van der Waals surface area contributed by atoms with E-state index < -0.39 is 0 Å². The molecule has 5 heteroatoms. The summed E-state index contributed by atoms with van der Waals surface area (Å²) in [5, 5.41) is 3.49. The van der Waals surface area contributed by atoms with E-state index in [9.17, 15) is 0 Å². The molecule has 2 heterocycles. The van der Waals surface area contributed by atoms with Crippen molar-refractivity contribution in [2.24, 2.45) is 10.4 Å². The summed E-state index contributed by atoms with van der Waals surface area (Å²) in [4.78, 5) is 6.83. The molecule has 2 saturated heterocycles. The van der Waals surface area contributed by atoms with Crippen LogP contribution >= 0.6 is 0 Å². The third kappa shape index (κ3) is 4.01. The zero-order chi connectivity index (χ0) is 17.0. The minimum Gasteiger partial charge on any atom is -0.491 e. The van der Waals surface area contributed by atoms with Crippen molar-refractivity contribution in [2.75, 3.05) is 33.4 Å². The molecule has 0 amide bonds. The van der Waals surface area contributed by atoms with Crippen molar-refractivity contribution in [3.8, 4) is 5.75 Å². The molecule has 2 fully saturated rings. The van der Waals surface area contributed by atoms with Gasteiger partial charge in [0.25, 0.3) is 0 Å². The summed E-state index contributed by atoms with van der Waals surface area (Å²) in [6.45, 7) is 8.74. The zero-order valence-electron chi connectivity index (χ0n) is 15.0. The molecule has 0 bridgehead atoms. The van der Waals surface area contributed by atoms with Gasteiger partial charge < -0.3 is 19.7 Å². The van der Waals surface area contributed by atoms with Gasteiger partial charge in [-0.25, -0.2) is 0 Å². The first-order chi connectivity index (χ1) is 11.6. The molecule has 2 aliphatic heterocycles. The van der Waals surface area contributed by atoms with Crippen LogP contribution in [0.25, 0.3) is 0 Å². The van der Waals surface area contributed by atoms with Crippen LogP contribution in [0.1, 0.15) is 32.3 Å². The normalized spacial score (nSPS) is 24.2. The smallest absolute Gasteiger partial charge is 0.193 e. The molecule has 1 unspecified atom stereocenters. The Labute approximate surface area is 145 Å². The molecule has 1 N–H and O–H groups in total. The van der Waals surface area contributed by atoms with Crippen molar-refractivity contribution in [3.05, 3.63) is 29.8 Å². The minimum atomic E-state index is 0.190. The predicted octanol–water partition coefficient (Wildman–Crippen LogP) is 2.66. The van der Waals surface area contributed by atoms with Gasteiger partial charge in [-0.1, -0.05) is 12.1 Å². The van der Waals surface area contributed by atoms with E-state index >= 15 is 0 Å². The Kier molecular flexibility index (Phi) is 5.29. The van der Waals surface area contributed by atoms with Crippen molar-refractivity contribution in [1.29, 1.82) is 0 Å². The van der Waals surface area contributed by atoms with Crippen LogP contribution in [-0.4, -0.2) is 50.3 Å². The molecule has 3 rings (SSSR count). The average molecular weight is 331 g/mol. The number of rotatable bonds is 4. The first-order valence-electron chi connectivity index (χ1n) is 8.89. The molecule has 1 atom stereocenters. The van der Waals surface area contributed by atoms with Crippen LogP contribution < -0.4 is 10.1 Å². The highest BCUT2D eigenvalue weighted by molar-refractivity contribution is 5.80. The van der Waals surface area contributed by atoms with Gasteiger partial charge in [0.2, 0.25) is 0 Å². The molecule has 24 heavy (non-hydrogen) atoms. The second kappa shape index (κ2) is 7.43. The lowest BCUT2D eigenvalue weighted by Gasteiger charge is -2.25. The van der Waals surface area contributed by atoms with Crippen LogP contribution in [0.15, 0.2) is 29.3 Å². The molecule has 1 aromatic carbocycles. The second-order valence-electron chi connectivity index (χ2n) is 7.19. The highest BCUT2D eigenvalue weighted by Crippen LogP contribution is 2.38. The highest BCUT2D eigenvalue weighted by Gasteiger charge is 2.42. The number of nitrogens with zero attached hydrogens (tertiary/aromatic N) is 2. The van der Waals surface area contributed by atoms with E-state index in [0.29, 0.717) is 5.41 Å². The third-order valence-electron chi connectivity index (χ3n) is 4.86. The van der Waals surface area contributed by atoms with Gasteiger partial charge >= 0.3 is 0 Å². The quantitative estimate of drug-likeness (QED) is 0.681. The fraction of sp³-hybridized carbons (Fsp3) is 0.632. The van der Waals surface area contributed by atoms with Crippen LogP contribution in [0.4, 0.5) is 0 Å². The average Bonchev–Trinajstić information content (AvgIpc) is 3.18. The summed E-state index contributed by atoms with van der Waals surface area (Å²) in [5.74, 6) is 1.90. The standard InChI is InChI=1S/C19H29N3O2/c1-15(2)24-17-6-4-5-16(11-17)12-21-18(20-3)22-9-7-19(13-22)8-10-23-14-19/h4-6,11,15H,7-10,12-14H2,1-3H3,(H,20,21). The van der Waals surface area contributed by atoms with Gasteiger partial charge in [0.15, 0.2) is 5.96 Å². The SMILES string of the molecule is CN=C(NCc1cccc(OC(C)C)c1)N1CCC2(CCOC2)C1. The first-order valence-corrected chi connectivity index (χ1v) is 8.89. The van der Waals surface area contributed by atoms with Crippen molar-refractivity contribution in [2.45, 2.75) is 39.3 Å². The molecule has 5 nitrogen and oxygen atoms in total. The predicted molar refractivity (Wildman–Crippen MR) is 96.5 cm³/mol. The van der Waals surface area contributed by atoms with Crippen molar-refractivity contribution in [3.63, 3.8) is 0 Å². The Hall–Kier alpha value is -1.75. The Bertz CT molecular complexity index is 580. The number of hydrogen-bond acceptors (Lipinski definition) is 3. The topological polar surface area (TPSA) is 46.1 Å². The van der Waals surface area contributed by atoms with Crippen LogP contribution in [0.3, 0.4) is 0 Å².